The Morgan fingerprint density at radius 3 is 1.69 bits per heavy atom. The molecule has 0 amide bonds. The van der Waals surface area contributed by atoms with Gasteiger partial charge in [0, 0.05) is 0 Å². The minimum Gasteiger partial charge on any atom is -0.0499 e. The van der Waals surface area contributed by atoms with E-state index in [4.69, 9.17) is 0 Å². The van der Waals surface area contributed by atoms with Crippen LogP contribution in [0.1, 0.15) is 32.1 Å². The molecule has 8 unspecified atom stereocenters. The van der Waals surface area contributed by atoms with Crippen LogP contribution in [0.3, 0.4) is 0 Å². The summed E-state index contributed by atoms with van der Waals surface area (Å²) in [6, 6.07) is 0. The van der Waals surface area contributed by atoms with Gasteiger partial charge >= 0.3 is 0 Å². The van der Waals surface area contributed by atoms with Crippen molar-refractivity contribution in [1.82, 2.24) is 0 Å². The van der Waals surface area contributed by atoms with Gasteiger partial charge in [0.1, 0.15) is 0 Å². The summed E-state index contributed by atoms with van der Waals surface area (Å²) in [5, 5.41) is 0. The number of fused-ring (bicyclic) bond motifs is 12. The van der Waals surface area contributed by atoms with Gasteiger partial charge in [-0.2, -0.15) is 0 Å². The monoisotopic (exact) mass is 174 g/mol. The Kier molecular flexibility index (Phi) is 0.860. The molecule has 13 heavy (non-hydrogen) atoms. The van der Waals surface area contributed by atoms with Crippen LogP contribution < -0.4 is 0 Å². The van der Waals surface area contributed by atoms with Gasteiger partial charge in [-0.05, 0) is 79.4 Å². The third-order valence-electron chi connectivity index (χ3n) is 6.57. The zero-order valence-corrected chi connectivity index (χ0v) is 8.15. The Hall–Kier alpha value is 0. The largest absolute Gasteiger partial charge is 0.0499 e. The molecule has 5 aliphatic carbocycles. The first-order valence-corrected chi connectivity index (χ1v) is 6.43. The maximum Gasteiger partial charge on any atom is -0.0321 e. The van der Waals surface area contributed by atoms with Crippen LogP contribution in [-0.2, 0) is 0 Å². The lowest BCUT2D eigenvalue weighted by Gasteiger charge is -2.34. The number of rotatable bonds is 0. The lowest BCUT2D eigenvalue weighted by Crippen LogP contribution is -2.29. The van der Waals surface area contributed by atoms with Gasteiger partial charge in [-0.25, -0.2) is 0 Å². The van der Waals surface area contributed by atoms with E-state index in [0.29, 0.717) is 0 Å². The van der Waals surface area contributed by atoms with Crippen molar-refractivity contribution in [1.29, 1.82) is 0 Å². The predicted octanol–water partition coefficient (Wildman–Crippen LogP) is 2.93. The standard InChI is InChI=1S/C13H18/c1-2-7-3-6(1)12-10-5-11(13(7)12)9-4-8(9)10/h6-13H,1-5H2. The molecule has 0 heteroatoms. The van der Waals surface area contributed by atoms with Crippen molar-refractivity contribution >= 4 is 0 Å². The zero-order chi connectivity index (χ0) is 8.15. The van der Waals surface area contributed by atoms with Gasteiger partial charge < -0.3 is 0 Å². The summed E-state index contributed by atoms with van der Waals surface area (Å²) in [5.74, 6) is 9.94. The Bertz CT molecular complexity index is 256. The minimum atomic E-state index is 1.21. The van der Waals surface area contributed by atoms with Gasteiger partial charge in [-0.15, -0.1) is 0 Å². The fraction of sp³-hybridized carbons (Fsp3) is 1.00. The zero-order valence-electron chi connectivity index (χ0n) is 8.15. The smallest absolute Gasteiger partial charge is 0.0321 e. The highest BCUT2D eigenvalue weighted by atomic mass is 14.7. The summed E-state index contributed by atoms with van der Waals surface area (Å²) in [6.07, 6.45) is 8.22. The topological polar surface area (TPSA) is 0 Å². The Morgan fingerprint density at radius 1 is 0.538 bits per heavy atom. The molecular weight excluding hydrogens is 156 g/mol. The number of hydrogen-bond donors (Lipinski definition) is 0. The van der Waals surface area contributed by atoms with Gasteiger partial charge in [-0.3, -0.25) is 0 Å². The molecule has 0 aliphatic heterocycles. The van der Waals surface area contributed by atoms with Crippen LogP contribution in [0.2, 0.25) is 0 Å². The van der Waals surface area contributed by atoms with Crippen molar-refractivity contribution in [3.8, 4) is 0 Å². The van der Waals surface area contributed by atoms with E-state index in [0.717, 1.165) is 0 Å². The van der Waals surface area contributed by atoms with Crippen LogP contribution in [0.25, 0.3) is 0 Å². The highest BCUT2D eigenvalue weighted by molar-refractivity contribution is 5.18. The number of hydrogen-bond acceptors (Lipinski definition) is 0. The van der Waals surface area contributed by atoms with Crippen LogP contribution in [0.4, 0.5) is 0 Å². The first kappa shape index (κ1) is 6.48. The van der Waals surface area contributed by atoms with Crippen molar-refractivity contribution in [2.75, 3.05) is 0 Å². The molecule has 0 aromatic heterocycles. The fourth-order valence-electron chi connectivity index (χ4n) is 6.42. The lowest BCUT2D eigenvalue weighted by molar-refractivity contribution is 0.139. The van der Waals surface area contributed by atoms with Crippen molar-refractivity contribution in [3.63, 3.8) is 0 Å². The lowest BCUT2D eigenvalue weighted by atomic mass is 9.71. The average molecular weight is 174 g/mol. The van der Waals surface area contributed by atoms with E-state index in [1.54, 1.807) is 32.1 Å². The Labute approximate surface area is 80.1 Å². The van der Waals surface area contributed by atoms with Crippen molar-refractivity contribution in [2.24, 2.45) is 47.3 Å². The van der Waals surface area contributed by atoms with Crippen LogP contribution in [0, 0.1) is 47.3 Å². The molecular formula is C13H18. The predicted molar refractivity (Wildman–Crippen MR) is 51.0 cm³/mol. The van der Waals surface area contributed by atoms with E-state index in [-0.39, 0.29) is 0 Å². The molecule has 0 spiro atoms. The molecule has 5 aliphatic rings. The first-order chi connectivity index (χ1) is 6.43. The van der Waals surface area contributed by atoms with Crippen LogP contribution in [-0.4, -0.2) is 0 Å². The summed E-state index contributed by atoms with van der Waals surface area (Å²) in [6.45, 7) is 0. The second kappa shape index (κ2) is 1.73. The third-order valence-corrected chi connectivity index (χ3v) is 6.57. The normalized spacial score (nSPS) is 75.7. The van der Waals surface area contributed by atoms with Crippen molar-refractivity contribution in [2.45, 2.75) is 32.1 Å². The van der Waals surface area contributed by atoms with Crippen LogP contribution in [0.5, 0.6) is 0 Å². The Balaban J connectivity index is 1.65. The van der Waals surface area contributed by atoms with Gasteiger partial charge in [-0.1, -0.05) is 0 Å². The van der Waals surface area contributed by atoms with Crippen LogP contribution >= 0.6 is 0 Å². The maximum absolute atomic E-state index is 1.68. The average Bonchev–Trinajstić information content (AvgIpc) is 2.60. The second-order valence-electron chi connectivity index (χ2n) is 6.61. The molecule has 0 nitrogen and oxygen atoms in total. The molecule has 0 heterocycles. The quantitative estimate of drug-likeness (QED) is 0.495. The summed E-state index contributed by atoms with van der Waals surface area (Å²) in [7, 11) is 0. The van der Waals surface area contributed by atoms with Gasteiger partial charge in [0.05, 0.1) is 0 Å². The summed E-state index contributed by atoms with van der Waals surface area (Å²) in [5.41, 5.74) is 0. The molecule has 0 aromatic carbocycles. The van der Waals surface area contributed by atoms with Crippen LogP contribution in [0.15, 0.2) is 0 Å². The molecule has 5 fully saturated rings. The van der Waals surface area contributed by atoms with E-state index in [2.05, 4.69) is 0 Å². The highest BCUT2D eigenvalue weighted by Crippen LogP contribution is 2.76. The second-order valence-corrected chi connectivity index (χ2v) is 6.61. The third kappa shape index (κ3) is 0.543. The summed E-state index contributed by atoms with van der Waals surface area (Å²) >= 11 is 0. The molecule has 8 atom stereocenters. The molecule has 5 saturated carbocycles. The van der Waals surface area contributed by atoms with Crippen molar-refractivity contribution in [3.05, 3.63) is 0 Å². The molecule has 70 valence electrons. The van der Waals surface area contributed by atoms with E-state index < -0.39 is 0 Å². The fourth-order valence-corrected chi connectivity index (χ4v) is 6.42. The van der Waals surface area contributed by atoms with E-state index in [1.165, 1.54) is 47.3 Å². The summed E-state index contributed by atoms with van der Waals surface area (Å²) in [4.78, 5) is 0. The molecule has 4 bridgehead atoms. The van der Waals surface area contributed by atoms with Crippen molar-refractivity contribution < 1.29 is 0 Å². The molecule has 5 rings (SSSR count). The van der Waals surface area contributed by atoms with E-state index in [1.807, 2.05) is 0 Å². The molecule has 0 radical (unpaired) electrons. The van der Waals surface area contributed by atoms with Gasteiger partial charge in [0.25, 0.3) is 0 Å². The van der Waals surface area contributed by atoms with Gasteiger partial charge in [0.2, 0.25) is 0 Å². The highest BCUT2D eigenvalue weighted by Gasteiger charge is 2.70. The van der Waals surface area contributed by atoms with Gasteiger partial charge in [0.15, 0.2) is 0 Å². The first-order valence-electron chi connectivity index (χ1n) is 6.43. The minimum absolute atomic E-state index is 1.21. The SMILES string of the molecule is C1CC2CC1C1C3CC(C4CC43)C21. The summed E-state index contributed by atoms with van der Waals surface area (Å²) < 4.78 is 0. The molecule has 0 saturated heterocycles. The molecule has 0 aromatic rings. The maximum atomic E-state index is 1.68. The molecule has 0 N–H and O–H groups in total. The van der Waals surface area contributed by atoms with E-state index >= 15 is 0 Å². The van der Waals surface area contributed by atoms with E-state index in [9.17, 15) is 0 Å². The Morgan fingerprint density at radius 2 is 1.08 bits per heavy atom.